The van der Waals surface area contributed by atoms with Gasteiger partial charge in [0.2, 0.25) is 0 Å². The number of methoxy groups -OCH3 is 1. The predicted molar refractivity (Wildman–Crippen MR) is 73.9 cm³/mol. The largest absolute Gasteiger partial charge is 0.497 e. The zero-order valence-corrected chi connectivity index (χ0v) is 11.0. The number of aliphatic imine (C=N–C) groups is 1. The number of hydrogen-bond acceptors (Lipinski definition) is 6. The first kappa shape index (κ1) is 12.9. The van der Waals surface area contributed by atoms with Crippen LogP contribution >= 0.6 is 12.2 Å². The van der Waals surface area contributed by atoms with Crippen molar-refractivity contribution in [3.8, 4) is 5.75 Å². The molecule has 1 unspecified atom stereocenters. The lowest BCUT2D eigenvalue weighted by molar-refractivity contribution is 0.0406. The molecule has 0 saturated carbocycles. The van der Waals surface area contributed by atoms with Crippen molar-refractivity contribution in [1.29, 1.82) is 0 Å². The second-order valence-corrected chi connectivity index (χ2v) is 3.82. The zero-order chi connectivity index (χ0) is 13.1. The van der Waals surface area contributed by atoms with Crippen LogP contribution in [0.4, 0.5) is 0 Å². The third-order valence-corrected chi connectivity index (χ3v) is 2.83. The van der Waals surface area contributed by atoms with Crippen molar-refractivity contribution in [1.82, 2.24) is 15.6 Å². The first-order valence-electron chi connectivity index (χ1n) is 5.40. The molecule has 0 radical (unpaired) electrons. The fourth-order valence-electron chi connectivity index (χ4n) is 1.76. The molecule has 1 aromatic rings. The summed E-state index contributed by atoms with van der Waals surface area (Å²) in [6, 6.07) is 7.56. The Morgan fingerprint density at radius 1 is 1.44 bits per heavy atom. The molecule has 0 spiro atoms. The Morgan fingerprint density at radius 2 is 2.11 bits per heavy atom. The van der Waals surface area contributed by atoms with E-state index in [1.54, 1.807) is 24.3 Å². The molecule has 2 rings (SSSR count). The maximum absolute atomic E-state index is 5.88. The van der Waals surface area contributed by atoms with Gasteiger partial charge in [-0.2, -0.15) is 0 Å². The van der Waals surface area contributed by atoms with Crippen molar-refractivity contribution in [3.63, 3.8) is 0 Å². The average Bonchev–Trinajstić information content (AvgIpc) is 2.74. The minimum atomic E-state index is -0.494. The van der Waals surface area contributed by atoms with Crippen molar-refractivity contribution < 1.29 is 4.74 Å². The summed E-state index contributed by atoms with van der Waals surface area (Å²) in [4.78, 5) is 4.36. The highest BCUT2D eigenvalue weighted by Crippen LogP contribution is 2.18. The van der Waals surface area contributed by atoms with Crippen LogP contribution in [0.2, 0.25) is 0 Å². The van der Waals surface area contributed by atoms with E-state index in [1.807, 2.05) is 24.3 Å². The van der Waals surface area contributed by atoms with Crippen LogP contribution < -0.4 is 15.9 Å². The summed E-state index contributed by atoms with van der Waals surface area (Å²) >= 11 is 4.99. The number of ether oxygens (including phenoxy) is 1. The summed E-state index contributed by atoms with van der Waals surface area (Å²) in [6.07, 6.45) is -0.494. The van der Waals surface area contributed by atoms with Crippen LogP contribution in [0.1, 0.15) is 5.56 Å². The molecule has 0 fully saturated rings. The molecule has 1 heterocycles. The molecular weight excluding hydrogens is 250 g/mol. The lowest BCUT2D eigenvalue weighted by Crippen LogP contribution is -2.53. The molecule has 18 heavy (non-hydrogen) atoms. The first-order valence-corrected chi connectivity index (χ1v) is 5.87. The number of nitrogens with two attached hydrogens (primary N) is 1. The van der Waals surface area contributed by atoms with E-state index in [2.05, 4.69) is 10.4 Å². The Balaban J connectivity index is 2.31. The van der Waals surface area contributed by atoms with E-state index < -0.39 is 6.29 Å². The smallest absolute Gasteiger partial charge is 0.187 e. The summed E-state index contributed by atoms with van der Waals surface area (Å²) in [5, 5.41) is 3.34. The molecule has 0 bridgehead atoms. The molecule has 6 nitrogen and oxygen atoms in total. The van der Waals surface area contributed by atoms with Crippen molar-refractivity contribution in [2.24, 2.45) is 10.7 Å². The van der Waals surface area contributed by atoms with E-state index in [9.17, 15) is 0 Å². The molecule has 7 heteroatoms. The monoisotopic (exact) mass is 265 g/mol. The molecule has 0 aromatic heterocycles. The number of rotatable bonds is 4. The standard InChI is InChI=1S/C11H15N5OS/c1-13-16-11(12)14-10(15(16)7-18)8-3-5-9(17-2)6-4-8/h3-7,11,13H,12H2,1-2H3. The van der Waals surface area contributed by atoms with E-state index in [4.69, 9.17) is 22.7 Å². The summed E-state index contributed by atoms with van der Waals surface area (Å²) < 4.78 is 5.12. The van der Waals surface area contributed by atoms with Crippen LogP contribution in [-0.4, -0.2) is 41.9 Å². The Bertz CT molecular complexity index is 461. The van der Waals surface area contributed by atoms with Gasteiger partial charge in [0.05, 0.1) is 12.6 Å². The SMILES string of the molecule is CNN1C(N)N=C(c2ccc(OC)cc2)N1C=S. The highest BCUT2D eigenvalue weighted by atomic mass is 32.1. The highest BCUT2D eigenvalue weighted by molar-refractivity contribution is 7.78. The Hall–Kier alpha value is -1.54. The Morgan fingerprint density at radius 3 is 2.61 bits per heavy atom. The van der Waals surface area contributed by atoms with Crippen molar-refractivity contribution in [3.05, 3.63) is 29.8 Å². The fourth-order valence-corrected chi connectivity index (χ4v) is 1.96. The van der Waals surface area contributed by atoms with E-state index in [-0.39, 0.29) is 0 Å². The topological polar surface area (TPSA) is 66.1 Å². The molecule has 1 aliphatic rings. The van der Waals surface area contributed by atoms with Gasteiger partial charge in [-0.05, 0) is 24.3 Å². The molecule has 0 amide bonds. The van der Waals surface area contributed by atoms with E-state index in [0.29, 0.717) is 5.84 Å². The van der Waals surface area contributed by atoms with E-state index >= 15 is 0 Å². The van der Waals surface area contributed by atoms with Gasteiger partial charge in [-0.15, -0.1) is 5.12 Å². The van der Waals surface area contributed by atoms with Crippen LogP contribution in [0.25, 0.3) is 0 Å². The van der Waals surface area contributed by atoms with Crippen LogP contribution in [0.3, 0.4) is 0 Å². The minimum absolute atomic E-state index is 0.494. The van der Waals surface area contributed by atoms with Crippen LogP contribution in [0.15, 0.2) is 29.3 Å². The number of amidine groups is 1. The lowest BCUT2D eigenvalue weighted by Gasteiger charge is -2.27. The molecule has 96 valence electrons. The number of hydrogen-bond donors (Lipinski definition) is 2. The number of thiocarbonyl (C=S) groups is 1. The fraction of sp³-hybridized carbons (Fsp3) is 0.273. The molecular formula is C11H15N5OS. The third kappa shape index (κ3) is 2.21. The van der Waals surface area contributed by atoms with Gasteiger partial charge in [0.1, 0.15) is 5.75 Å². The van der Waals surface area contributed by atoms with Crippen molar-refractivity contribution in [2.75, 3.05) is 14.2 Å². The quantitative estimate of drug-likeness (QED) is 0.764. The lowest BCUT2D eigenvalue weighted by atomic mass is 10.2. The number of hydrazine groups is 2. The zero-order valence-electron chi connectivity index (χ0n) is 10.2. The predicted octanol–water partition coefficient (Wildman–Crippen LogP) is 0.308. The first-order chi connectivity index (χ1) is 8.71. The summed E-state index contributed by atoms with van der Waals surface area (Å²) in [7, 11) is 3.39. The molecule has 1 aliphatic heterocycles. The van der Waals surface area contributed by atoms with E-state index in [0.717, 1.165) is 11.3 Å². The van der Waals surface area contributed by atoms with Gasteiger partial charge in [-0.1, -0.05) is 12.2 Å². The second kappa shape index (κ2) is 5.40. The van der Waals surface area contributed by atoms with Gasteiger partial charge >= 0.3 is 0 Å². The number of benzene rings is 1. The average molecular weight is 265 g/mol. The van der Waals surface area contributed by atoms with Gasteiger partial charge in [-0.25, -0.2) is 15.4 Å². The number of nitrogens with zero attached hydrogens (tertiary/aromatic N) is 3. The maximum Gasteiger partial charge on any atom is 0.187 e. The van der Waals surface area contributed by atoms with Gasteiger partial charge in [0.25, 0.3) is 0 Å². The minimum Gasteiger partial charge on any atom is -0.497 e. The summed E-state index contributed by atoms with van der Waals surface area (Å²) in [5.74, 6) is 1.50. The summed E-state index contributed by atoms with van der Waals surface area (Å²) in [6.45, 7) is 0. The maximum atomic E-state index is 5.88. The molecule has 3 N–H and O–H groups in total. The van der Waals surface area contributed by atoms with Gasteiger partial charge in [0, 0.05) is 12.6 Å². The summed E-state index contributed by atoms with van der Waals surface area (Å²) in [5.41, 5.74) is 11.2. The molecule has 0 aliphatic carbocycles. The second-order valence-electron chi connectivity index (χ2n) is 3.61. The Kier molecular flexibility index (Phi) is 3.87. The molecule has 1 aromatic carbocycles. The third-order valence-electron chi connectivity index (χ3n) is 2.63. The van der Waals surface area contributed by atoms with Crippen LogP contribution in [0, 0.1) is 0 Å². The van der Waals surface area contributed by atoms with Crippen molar-refractivity contribution >= 4 is 23.5 Å². The van der Waals surface area contributed by atoms with Gasteiger partial charge in [-0.3, -0.25) is 5.73 Å². The number of nitrogens with one attached hydrogen (secondary N) is 1. The van der Waals surface area contributed by atoms with Crippen molar-refractivity contribution in [2.45, 2.75) is 6.29 Å². The highest BCUT2D eigenvalue weighted by Gasteiger charge is 2.30. The molecule has 1 atom stereocenters. The van der Waals surface area contributed by atoms with Crippen LogP contribution in [-0.2, 0) is 0 Å². The Labute approximate surface area is 111 Å². The molecule has 0 saturated heterocycles. The van der Waals surface area contributed by atoms with Gasteiger partial charge < -0.3 is 4.74 Å². The van der Waals surface area contributed by atoms with Crippen LogP contribution in [0.5, 0.6) is 5.75 Å². The van der Waals surface area contributed by atoms with Gasteiger partial charge in [0.15, 0.2) is 12.1 Å². The van der Waals surface area contributed by atoms with E-state index in [1.165, 1.54) is 5.49 Å². The normalized spacial score (nSPS) is 19.8.